The van der Waals surface area contributed by atoms with E-state index in [2.05, 4.69) is 30.1 Å². The molecule has 0 aliphatic carbocycles. The van der Waals surface area contributed by atoms with Gasteiger partial charge in [0.15, 0.2) is 11.7 Å². The lowest BCUT2D eigenvalue weighted by Gasteiger charge is -2.07. The molecule has 0 atom stereocenters. The minimum absolute atomic E-state index is 0.0325. The van der Waals surface area contributed by atoms with Gasteiger partial charge < -0.3 is 13.9 Å². The van der Waals surface area contributed by atoms with Gasteiger partial charge in [-0.1, -0.05) is 48.9 Å². The van der Waals surface area contributed by atoms with Crippen molar-refractivity contribution in [3.8, 4) is 17.2 Å². The molecule has 0 saturated heterocycles. The van der Waals surface area contributed by atoms with E-state index in [4.69, 9.17) is 8.83 Å². The fourth-order valence-corrected chi connectivity index (χ4v) is 2.94. The maximum Gasteiger partial charge on any atom is 0.342 e. The van der Waals surface area contributed by atoms with Crippen molar-refractivity contribution in [2.24, 2.45) is 0 Å². The van der Waals surface area contributed by atoms with Crippen LogP contribution in [-0.4, -0.2) is 10.1 Å². The molecule has 0 fully saturated rings. The lowest BCUT2D eigenvalue weighted by Crippen LogP contribution is -2.07. The van der Waals surface area contributed by atoms with E-state index in [0.29, 0.717) is 30.0 Å². The van der Waals surface area contributed by atoms with Crippen molar-refractivity contribution in [2.75, 3.05) is 0 Å². The zero-order valence-electron chi connectivity index (χ0n) is 15.8. The first-order valence-corrected chi connectivity index (χ1v) is 9.02. The SMILES string of the molecule is CCc1c(-c2coc(CC/C(C)=C/c3ccccc3)n2)oc(=O)c(C)c1O. The molecule has 0 saturated carbocycles. The molecule has 0 bridgehead atoms. The number of aromatic nitrogens is 1. The van der Waals surface area contributed by atoms with Crippen LogP contribution in [-0.2, 0) is 12.8 Å². The number of rotatable bonds is 6. The average Bonchev–Trinajstić information content (AvgIpc) is 3.14. The summed E-state index contributed by atoms with van der Waals surface area (Å²) in [6.07, 6.45) is 5.57. The molecular weight excluding hydrogens is 342 g/mol. The van der Waals surface area contributed by atoms with E-state index in [1.807, 2.05) is 25.1 Å². The molecule has 2 heterocycles. The van der Waals surface area contributed by atoms with Gasteiger partial charge in [0.1, 0.15) is 17.7 Å². The maximum atomic E-state index is 11.9. The zero-order valence-corrected chi connectivity index (χ0v) is 15.8. The van der Waals surface area contributed by atoms with Crippen LogP contribution in [0.25, 0.3) is 17.5 Å². The van der Waals surface area contributed by atoms with Crippen LogP contribution in [0.4, 0.5) is 0 Å². The Kier molecular flexibility index (Phi) is 5.60. The fourth-order valence-electron chi connectivity index (χ4n) is 2.94. The van der Waals surface area contributed by atoms with Crippen LogP contribution in [0, 0.1) is 6.92 Å². The van der Waals surface area contributed by atoms with E-state index in [0.717, 1.165) is 12.0 Å². The number of hydrogen-bond acceptors (Lipinski definition) is 5. The Balaban J connectivity index is 1.78. The van der Waals surface area contributed by atoms with E-state index >= 15 is 0 Å². The molecule has 0 unspecified atom stereocenters. The fraction of sp³-hybridized carbons (Fsp3) is 0.273. The third kappa shape index (κ3) is 4.19. The normalized spacial score (nSPS) is 11.7. The Hall–Kier alpha value is -3.08. The monoisotopic (exact) mass is 365 g/mol. The molecule has 1 aromatic carbocycles. The van der Waals surface area contributed by atoms with E-state index in [1.165, 1.54) is 11.8 Å². The highest BCUT2D eigenvalue weighted by molar-refractivity contribution is 5.60. The van der Waals surface area contributed by atoms with Gasteiger partial charge in [-0.15, -0.1) is 0 Å². The molecule has 0 radical (unpaired) electrons. The molecular formula is C22H23NO4. The van der Waals surface area contributed by atoms with Gasteiger partial charge >= 0.3 is 5.63 Å². The maximum absolute atomic E-state index is 11.9. The predicted octanol–water partition coefficient (Wildman–Crippen LogP) is 4.91. The number of oxazole rings is 1. The van der Waals surface area contributed by atoms with Crippen molar-refractivity contribution in [1.29, 1.82) is 0 Å². The minimum Gasteiger partial charge on any atom is -0.507 e. The van der Waals surface area contributed by atoms with E-state index < -0.39 is 5.63 Å². The van der Waals surface area contributed by atoms with Gasteiger partial charge in [-0.2, -0.15) is 0 Å². The van der Waals surface area contributed by atoms with Gasteiger partial charge in [-0.05, 0) is 32.3 Å². The van der Waals surface area contributed by atoms with Crippen molar-refractivity contribution < 1.29 is 13.9 Å². The molecule has 140 valence electrons. The smallest absolute Gasteiger partial charge is 0.342 e. The van der Waals surface area contributed by atoms with Crippen LogP contribution in [0.1, 0.15) is 42.8 Å². The summed E-state index contributed by atoms with van der Waals surface area (Å²) in [5, 5.41) is 10.2. The number of allylic oxidation sites excluding steroid dienone is 1. The molecule has 27 heavy (non-hydrogen) atoms. The predicted molar refractivity (Wildman–Crippen MR) is 105 cm³/mol. The van der Waals surface area contributed by atoms with E-state index in [-0.39, 0.29) is 17.1 Å². The van der Waals surface area contributed by atoms with Crippen LogP contribution in [0.3, 0.4) is 0 Å². The average molecular weight is 365 g/mol. The second-order valence-electron chi connectivity index (χ2n) is 6.55. The topological polar surface area (TPSA) is 76.5 Å². The highest BCUT2D eigenvalue weighted by Gasteiger charge is 2.19. The number of hydrogen-bond donors (Lipinski definition) is 1. The number of aryl methyl sites for hydroxylation is 1. The molecule has 2 aromatic heterocycles. The molecule has 1 N–H and O–H groups in total. The second kappa shape index (κ2) is 8.08. The van der Waals surface area contributed by atoms with Gasteiger partial charge in [-0.3, -0.25) is 0 Å². The summed E-state index contributed by atoms with van der Waals surface area (Å²) in [5.41, 5.74) is 3.01. The first kappa shape index (κ1) is 18.7. The Bertz CT molecular complexity index is 1010. The van der Waals surface area contributed by atoms with Crippen LogP contribution < -0.4 is 5.63 Å². The molecule has 3 rings (SSSR count). The quantitative estimate of drug-likeness (QED) is 0.672. The summed E-state index contributed by atoms with van der Waals surface area (Å²) in [6, 6.07) is 10.1. The Morgan fingerprint density at radius 2 is 2.00 bits per heavy atom. The summed E-state index contributed by atoms with van der Waals surface area (Å²) in [5.74, 6) is 0.808. The number of aromatic hydroxyl groups is 1. The van der Waals surface area contributed by atoms with Crippen LogP contribution in [0.2, 0.25) is 0 Å². The second-order valence-corrected chi connectivity index (χ2v) is 6.55. The minimum atomic E-state index is -0.564. The number of nitrogens with zero attached hydrogens (tertiary/aromatic N) is 1. The number of benzene rings is 1. The lowest BCUT2D eigenvalue weighted by molar-refractivity contribution is 0.436. The van der Waals surface area contributed by atoms with Crippen LogP contribution in [0.15, 0.2) is 55.8 Å². The molecule has 0 aliphatic heterocycles. The van der Waals surface area contributed by atoms with Gasteiger partial charge in [0, 0.05) is 12.0 Å². The summed E-state index contributed by atoms with van der Waals surface area (Å²) in [7, 11) is 0. The van der Waals surface area contributed by atoms with E-state index in [1.54, 1.807) is 6.92 Å². The summed E-state index contributed by atoms with van der Waals surface area (Å²) < 4.78 is 10.9. The zero-order chi connectivity index (χ0) is 19.4. The lowest BCUT2D eigenvalue weighted by atomic mass is 10.1. The van der Waals surface area contributed by atoms with E-state index in [9.17, 15) is 9.90 Å². The molecule has 0 aliphatic rings. The van der Waals surface area contributed by atoms with Crippen LogP contribution in [0.5, 0.6) is 5.75 Å². The van der Waals surface area contributed by atoms with Crippen molar-refractivity contribution >= 4 is 6.08 Å². The summed E-state index contributed by atoms with van der Waals surface area (Å²) >= 11 is 0. The summed E-state index contributed by atoms with van der Waals surface area (Å²) in [4.78, 5) is 16.3. The molecule has 5 nitrogen and oxygen atoms in total. The first-order valence-electron chi connectivity index (χ1n) is 9.02. The van der Waals surface area contributed by atoms with Gasteiger partial charge in [0.05, 0.1) is 5.56 Å². The third-order valence-corrected chi connectivity index (χ3v) is 4.50. The Labute approximate surface area is 158 Å². The first-order chi connectivity index (χ1) is 13.0. The van der Waals surface area contributed by atoms with Gasteiger partial charge in [0.2, 0.25) is 0 Å². The highest BCUT2D eigenvalue weighted by Crippen LogP contribution is 2.30. The standard InChI is InChI=1S/C22H23NO4/c1-4-17-20(24)15(3)22(25)27-21(17)18-13-26-19(23-18)11-10-14(2)12-16-8-6-5-7-9-16/h5-9,12-13,24H,4,10-11H2,1-3H3/b14-12+. The Morgan fingerprint density at radius 3 is 2.70 bits per heavy atom. The van der Waals surface area contributed by atoms with Crippen LogP contribution >= 0.6 is 0 Å². The molecule has 0 amide bonds. The van der Waals surface area contributed by atoms with Crippen molar-refractivity contribution in [3.63, 3.8) is 0 Å². The Morgan fingerprint density at radius 1 is 1.26 bits per heavy atom. The molecule has 0 spiro atoms. The van der Waals surface area contributed by atoms with Gasteiger partial charge in [0.25, 0.3) is 0 Å². The summed E-state index contributed by atoms with van der Waals surface area (Å²) in [6.45, 7) is 5.50. The largest absolute Gasteiger partial charge is 0.507 e. The molecule has 5 heteroatoms. The molecule has 3 aromatic rings. The van der Waals surface area contributed by atoms with Gasteiger partial charge in [-0.25, -0.2) is 9.78 Å². The highest BCUT2D eigenvalue weighted by atomic mass is 16.4. The van der Waals surface area contributed by atoms with Crippen molar-refractivity contribution in [2.45, 2.75) is 40.0 Å². The van der Waals surface area contributed by atoms with Crippen molar-refractivity contribution in [1.82, 2.24) is 4.98 Å². The van der Waals surface area contributed by atoms with Crippen molar-refractivity contribution in [3.05, 3.63) is 75.2 Å². The third-order valence-electron chi connectivity index (χ3n) is 4.50.